The molecule has 3 aliphatic rings. The molecule has 1 saturated carbocycles. The first-order valence-electron chi connectivity index (χ1n) is 11.2. The number of rotatable bonds is 6. The third kappa shape index (κ3) is 4.94. The summed E-state index contributed by atoms with van der Waals surface area (Å²) in [4.78, 5) is 14.9. The van der Waals surface area contributed by atoms with Crippen LogP contribution in [-0.4, -0.2) is 54.2 Å². The average Bonchev–Trinajstić information content (AvgIpc) is 3.18. The second-order valence-corrected chi connectivity index (χ2v) is 9.02. The minimum Gasteiger partial charge on any atom is -0.387 e. The lowest BCUT2D eigenvalue weighted by Crippen LogP contribution is -2.46. The highest BCUT2D eigenvalue weighted by Crippen LogP contribution is 2.33. The molecule has 0 spiro atoms. The molecule has 28 heavy (non-hydrogen) atoms. The number of β-amino-alcohol motifs (C(OH)–C–C–N with tert-alkyl or cyclic N) is 1. The Balaban J connectivity index is 1.15. The van der Waals surface area contributed by atoms with Gasteiger partial charge >= 0.3 is 0 Å². The summed E-state index contributed by atoms with van der Waals surface area (Å²) in [6.45, 7) is 3.48. The van der Waals surface area contributed by atoms with Crippen LogP contribution in [0.3, 0.4) is 0 Å². The van der Waals surface area contributed by atoms with Gasteiger partial charge in [0, 0.05) is 19.1 Å². The van der Waals surface area contributed by atoms with Crippen molar-refractivity contribution in [1.82, 2.24) is 15.5 Å². The van der Waals surface area contributed by atoms with Gasteiger partial charge < -0.3 is 20.6 Å². The second-order valence-electron chi connectivity index (χ2n) is 9.02. The molecule has 5 heteroatoms. The number of hydrogen-bond donors (Lipinski definition) is 3. The number of carbonyl (C=O) groups excluding carboxylic acids is 1. The smallest absolute Gasteiger partial charge is 0.237 e. The van der Waals surface area contributed by atoms with Crippen LogP contribution in [0.15, 0.2) is 30.3 Å². The molecular formula is C23H35N3O2. The number of carbonyl (C=O) groups is 1. The number of likely N-dealkylation sites (tertiary alicyclic amines) is 1. The molecule has 4 rings (SSSR count). The van der Waals surface area contributed by atoms with Crippen LogP contribution < -0.4 is 10.6 Å². The van der Waals surface area contributed by atoms with Crippen LogP contribution in [0.2, 0.25) is 0 Å². The highest BCUT2D eigenvalue weighted by molar-refractivity contribution is 5.82. The lowest BCUT2D eigenvalue weighted by Gasteiger charge is -2.33. The molecule has 154 valence electrons. The summed E-state index contributed by atoms with van der Waals surface area (Å²) in [7, 11) is 0. The third-order valence-corrected chi connectivity index (χ3v) is 7.07. The van der Waals surface area contributed by atoms with Gasteiger partial charge in [0.25, 0.3) is 0 Å². The maximum absolute atomic E-state index is 12.6. The van der Waals surface area contributed by atoms with Crippen molar-refractivity contribution >= 4 is 5.91 Å². The predicted molar refractivity (Wildman–Crippen MR) is 111 cm³/mol. The van der Waals surface area contributed by atoms with Gasteiger partial charge in [-0.1, -0.05) is 43.2 Å². The van der Waals surface area contributed by atoms with Crippen LogP contribution in [0.1, 0.15) is 56.6 Å². The first kappa shape index (κ1) is 19.9. The highest BCUT2D eigenvalue weighted by Gasteiger charge is 2.38. The Morgan fingerprint density at radius 3 is 2.64 bits per heavy atom. The molecule has 1 aliphatic carbocycles. The van der Waals surface area contributed by atoms with Gasteiger partial charge in [-0.05, 0) is 62.6 Å². The SMILES string of the molecule is O=C(NCC1CCN(CC(O)c2ccccc2)CC1)C1CC2CCCCC2N1. The molecule has 0 aromatic heterocycles. The van der Waals surface area contributed by atoms with Gasteiger partial charge in [0.2, 0.25) is 5.91 Å². The fourth-order valence-corrected chi connectivity index (χ4v) is 5.29. The standard InChI is InChI=1S/C23H35N3O2/c27-22(18-6-2-1-3-7-18)16-26-12-10-17(11-13-26)15-24-23(28)21-14-19-8-4-5-9-20(19)25-21/h1-3,6-7,17,19-22,25,27H,4-5,8-16H2,(H,24,28). The van der Waals surface area contributed by atoms with Crippen molar-refractivity contribution < 1.29 is 9.90 Å². The van der Waals surface area contributed by atoms with E-state index >= 15 is 0 Å². The number of aliphatic hydroxyl groups excluding tert-OH is 1. The van der Waals surface area contributed by atoms with Crippen molar-refractivity contribution in [3.05, 3.63) is 35.9 Å². The lowest BCUT2D eigenvalue weighted by molar-refractivity contribution is -0.123. The third-order valence-electron chi connectivity index (χ3n) is 7.07. The van der Waals surface area contributed by atoms with E-state index in [1.54, 1.807) is 0 Å². The summed E-state index contributed by atoms with van der Waals surface area (Å²) < 4.78 is 0. The Morgan fingerprint density at radius 1 is 1.14 bits per heavy atom. The number of amides is 1. The van der Waals surface area contributed by atoms with Crippen LogP contribution >= 0.6 is 0 Å². The molecule has 1 amide bonds. The zero-order chi connectivity index (χ0) is 19.3. The number of benzene rings is 1. The van der Waals surface area contributed by atoms with Gasteiger partial charge in [-0.2, -0.15) is 0 Å². The largest absolute Gasteiger partial charge is 0.387 e. The fraction of sp³-hybridized carbons (Fsp3) is 0.696. The number of nitrogens with zero attached hydrogens (tertiary/aromatic N) is 1. The zero-order valence-corrected chi connectivity index (χ0v) is 16.9. The van der Waals surface area contributed by atoms with Crippen LogP contribution in [0.4, 0.5) is 0 Å². The fourth-order valence-electron chi connectivity index (χ4n) is 5.29. The van der Waals surface area contributed by atoms with Gasteiger partial charge in [0.1, 0.15) is 0 Å². The molecule has 2 aliphatic heterocycles. The summed E-state index contributed by atoms with van der Waals surface area (Å²) in [5, 5.41) is 17.2. The van der Waals surface area contributed by atoms with E-state index in [-0.39, 0.29) is 11.9 Å². The maximum atomic E-state index is 12.6. The minimum absolute atomic E-state index is 0.0224. The summed E-state index contributed by atoms with van der Waals surface area (Å²) in [6.07, 6.45) is 7.93. The van der Waals surface area contributed by atoms with Crippen molar-refractivity contribution in [3.8, 4) is 0 Å². The monoisotopic (exact) mass is 385 g/mol. The van der Waals surface area contributed by atoms with E-state index in [1.165, 1.54) is 25.7 Å². The molecule has 4 atom stereocenters. The maximum Gasteiger partial charge on any atom is 0.237 e. The number of hydrogen-bond acceptors (Lipinski definition) is 4. The minimum atomic E-state index is -0.422. The second kappa shape index (κ2) is 9.38. The van der Waals surface area contributed by atoms with Crippen molar-refractivity contribution in [1.29, 1.82) is 0 Å². The van der Waals surface area contributed by atoms with Crippen molar-refractivity contribution in [2.75, 3.05) is 26.2 Å². The molecule has 3 N–H and O–H groups in total. The van der Waals surface area contributed by atoms with Gasteiger partial charge in [-0.3, -0.25) is 4.79 Å². The van der Waals surface area contributed by atoms with Crippen LogP contribution in [0.5, 0.6) is 0 Å². The van der Waals surface area contributed by atoms with Crippen LogP contribution in [-0.2, 0) is 4.79 Å². The Bertz CT molecular complexity index is 616. The lowest BCUT2D eigenvalue weighted by atomic mass is 9.85. The zero-order valence-electron chi connectivity index (χ0n) is 16.9. The van der Waals surface area contributed by atoms with E-state index in [9.17, 15) is 9.90 Å². The number of fused-ring (bicyclic) bond motifs is 1. The average molecular weight is 386 g/mol. The predicted octanol–water partition coefficient (Wildman–Crippen LogP) is 2.47. The number of piperidine rings is 1. The van der Waals surface area contributed by atoms with Gasteiger partial charge in [0.15, 0.2) is 0 Å². The molecule has 4 unspecified atom stereocenters. The molecule has 3 fully saturated rings. The van der Waals surface area contributed by atoms with E-state index in [2.05, 4.69) is 15.5 Å². The van der Waals surface area contributed by atoms with E-state index in [0.29, 0.717) is 24.4 Å². The summed E-state index contributed by atoms with van der Waals surface area (Å²) in [5.41, 5.74) is 0.988. The Kier molecular flexibility index (Phi) is 6.65. The highest BCUT2D eigenvalue weighted by atomic mass is 16.3. The van der Waals surface area contributed by atoms with E-state index in [4.69, 9.17) is 0 Å². The molecule has 2 heterocycles. The summed E-state index contributed by atoms with van der Waals surface area (Å²) >= 11 is 0. The van der Waals surface area contributed by atoms with E-state index in [1.807, 2.05) is 30.3 Å². The first-order valence-corrected chi connectivity index (χ1v) is 11.2. The molecular weight excluding hydrogens is 350 g/mol. The van der Waals surface area contributed by atoms with Crippen molar-refractivity contribution in [2.45, 2.75) is 63.1 Å². The molecule has 5 nitrogen and oxygen atoms in total. The molecule has 2 saturated heterocycles. The first-order chi connectivity index (χ1) is 13.7. The van der Waals surface area contributed by atoms with Gasteiger partial charge in [-0.25, -0.2) is 0 Å². The molecule has 1 aromatic carbocycles. The normalized spacial score (nSPS) is 30.0. The number of nitrogens with one attached hydrogen (secondary N) is 2. The topological polar surface area (TPSA) is 64.6 Å². The van der Waals surface area contributed by atoms with Gasteiger partial charge in [-0.15, -0.1) is 0 Å². The molecule has 0 radical (unpaired) electrons. The Hall–Kier alpha value is -1.43. The van der Waals surface area contributed by atoms with Crippen molar-refractivity contribution in [2.24, 2.45) is 11.8 Å². The van der Waals surface area contributed by atoms with Crippen molar-refractivity contribution in [3.63, 3.8) is 0 Å². The number of aliphatic hydroxyl groups is 1. The summed E-state index contributed by atoms with van der Waals surface area (Å²) in [6, 6.07) is 10.5. The van der Waals surface area contributed by atoms with Gasteiger partial charge in [0.05, 0.1) is 12.1 Å². The quantitative estimate of drug-likeness (QED) is 0.704. The summed E-state index contributed by atoms with van der Waals surface area (Å²) in [5.74, 6) is 1.47. The van der Waals surface area contributed by atoms with Crippen LogP contribution in [0.25, 0.3) is 0 Å². The van der Waals surface area contributed by atoms with E-state index in [0.717, 1.165) is 44.5 Å². The Morgan fingerprint density at radius 2 is 1.89 bits per heavy atom. The molecule has 1 aromatic rings. The molecule has 0 bridgehead atoms. The Labute approximate surface area is 168 Å². The van der Waals surface area contributed by atoms with E-state index < -0.39 is 6.10 Å². The van der Waals surface area contributed by atoms with Crippen LogP contribution in [0, 0.1) is 11.8 Å².